The maximum absolute atomic E-state index is 11.6. The van der Waals surface area contributed by atoms with Gasteiger partial charge in [0, 0.05) is 13.7 Å². The Bertz CT molecular complexity index is 529. The molecule has 9 heteroatoms. The summed E-state index contributed by atoms with van der Waals surface area (Å²) in [6.45, 7) is 2.40. The molecule has 2 atom stereocenters. The highest BCUT2D eigenvalue weighted by Crippen LogP contribution is 2.22. The number of ether oxygens (including phenoxy) is 1. The maximum atomic E-state index is 11.6. The Morgan fingerprint density at radius 3 is 1.96 bits per heavy atom. The van der Waals surface area contributed by atoms with E-state index < -0.39 is 30.7 Å². The second-order valence-electron chi connectivity index (χ2n) is 6.35. The van der Waals surface area contributed by atoms with Gasteiger partial charge in [0.25, 0.3) is 20.2 Å². The van der Waals surface area contributed by atoms with Crippen LogP contribution in [0.3, 0.4) is 0 Å². The first-order chi connectivity index (χ1) is 11.6. The van der Waals surface area contributed by atoms with E-state index in [1.54, 1.807) is 0 Å². The molecule has 0 aromatic carbocycles. The summed E-state index contributed by atoms with van der Waals surface area (Å²) in [5.41, 5.74) is 0. The van der Waals surface area contributed by atoms with Crippen molar-refractivity contribution in [1.29, 1.82) is 0 Å². The molecular weight excluding hydrogens is 368 g/mol. The minimum atomic E-state index is -4.43. The van der Waals surface area contributed by atoms with Crippen LogP contribution in [0.5, 0.6) is 0 Å². The smallest absolute Gasteiger partial charge is 0.268 e. The first kappa shape index (κ1) is 24.8. The van der Waals surface area contributed by atoms with Gasteiger partial charge < -0.3 is 4.74 Å². The predicted octanol–water partition coefficient (Wildman–Crippen LogP) is 3.27. The van der Waals surface area contributed by atoms with Crippen molar-refractivity contribution in [2.45, 2.75) is 81.6 Å². The van der Waals surface area contributed by atoms with Crippen LogP contribution in [0.4, 0.5) is 0 Å². The van der Waals surface area contributed by atoms with E-state index in [1.807, 2.05) is 0 Å². The zero-order valence-electron chi connectivity index (χ0n) is 15.3. The van der Waals surface area contributed by atoms with Crippen molar-refractivity contribution < 1.29 is 30.7 Å². The second kappa shape index (κ2) is 13.0. The summed E-state index contributed by atoms with van der Waals surface area (Å²) >= 11 is 0. The fourth-order valence-corrected chi connectivity index (χ4v) is 4.58. The fourth-order valence-electron chi connectivity index (χ4n) is 2.69. The standard InChI is InChI=1S/C16H33O7S2/c1-3-4-5-6-7-8-9-11-15(24(17,18)19)14-16(25(20,21)22)12-10-13-23-2/h12,15-16H,3-11,13-14H2,1-2H3,(H,17,18,19)(H,20,21,22). The van der Waals surface area contributed by atoms with E-state index in [-0.39, 0.29) is 25.9 Å². The molecule has 0 aliphatic heterocycles. The summed E-state index contributed by atoms with van der Waals surface area (Å²) in [5.74, 6) is 0. The molecule has 0 aliphatic rings. The molecule has 0 spiro atoms. The second-order valence-corrected chi connectivity index (χ2v) is 9.69. The van der Waals surface area contributed by atoms with Crippen LogP contribution in [0, 0.1) is 6.42 Å². The van der Waals surface area contributed by atoms with E-state index in [1.165, 1.54) is 20.0 Å². The Balaban J connectivity index is 4.58. The third kappa shape index (κ3) is 12.7. The van der Waals surface area contributed by atoms with E-state index in [9.17, 15) is 25.9 Å². The van der Waals surface area contributed by atoms with Crippen molar-refractivity contribution in [3.8, 4) is 0 Å². The molecule has 0 saturated carbocycles. The van der Waals surface area contributed by atoms with Gasteiger partial charge >= 0.3 is 0 Å². The van der Waals surface area contributed by atoms with Crippen molar-refractivity contribution in [3.05, 3.63) is 6.42 Å². The SMILES string of the molecule is CCCCCCCCCC(CC([CH]CCOC)S(=O)(=O)O)S(=O)(=O)O. The van der Waals surface area contributed by atoms with Crippen molar-refractivity contribution >= 4 is 20.2 Å². The van der Waals surface area contributed by atoms with E-state index in [0.717, 1.165) is 32.1 Å². The maximum Gasteiger partial charge on any atom is 0.268 e. The third-order valence-corrected chi connectivity index (χ3v) is 6.60. The fraction of sp³-hybridized carbons (Fsp3) is 0.938. The molecule has 0 heterocycles. The Morgan fingerprint density at radius 1 is 0.920 bits per heavy atom. The summed E-state index contributed by atoms with van der Waals surface area (Å²) in [5, 5.41) is -2.53. The lowest BCUT2D eigenvalue weighted by atomic mass is 10.0. The van der Waals surface area contributed by atoms with Gasteiger partial charge in [-0.15, -0.1) is 0 Å². The molecule has 0 fully saturated rings. The van der Waals surface area contributed by atoms with Gasteiger partial charge in [-0.1, -0.05) is 51.9 Å². The van der Waals surface area contributed by atoms with E-state index in [0.29, 0.717) is 6.42 Å². The van der Waals surface area contributed by atoms with Crippen molar-refractivity contribution in [3.63, 3.8) is 0 Å². The summed E-state index contributed by atoms with van der Waals surface area (Å²) in [4.78, 5) is 0. The van der Waals surface area contributed by atoms with Crippen molar-refractivity contribution in [2.75, 3.05) is 13.7 Å². The summed E-state index contributed by atoms with van der Waals surface area (Å²) in [7, 11) is -7.36. The van der Waals surface area contributed by atoms with E-state index in [2.05, 4.69) is 6.92 Å². The molecule has 1 radical (unpaired) electrons. The van der Waals surface area contributed by atoms with Crippen LogP contribution in [-0.2, 0) is 25.0 Å². The van der Waals surface area contributed by atoms with Gasteiger partial charge in [-0.25, -0.2) is 0 Å². The lowest BCUT2D eigenvalue weighted by Crippen LogP contribution is -2.31. The Morgan fingerprint density at radius 2 is 1.48 bits per heavy atom. The zero-order valence-corrected chi connectivity index (χ0v) is 16.9. The predicted molar refractivity (Wildman–Crippen MR) is 98.7 cm³/mol. The van der Waals surface area contributed by atoms with Crippen LogP contribution in [-0.4, -0.2) is 50.2 Å². The average molecular weight is 402 g/mol. The number of methoxy groups -OCH3 is 1. The summed E-state index contributed by atoms with van der Waals surface area (Å²) in [6, 6.07) is 0. The molecule has 2 N–H and O–H groups in total. The molecule has 0 aromatic rings. The molecule has 0 aromatic heterocycles. The van der Waals surface area contributed by atoms with Crippen LogP contribution in [0.25, 0.3) is 0 Å². The first-order valence-electron chi connectivity index (χ1n) is 8.87. The largest absolute Gasteiger partial charge is 0.385 e. The van der Waals surface area contributed by atoms with Gasteiger partial charge in [0.15, 0.2) is 0 Å². The molecule has 7 nitrogen and oxygen atoms in total. The highest BCUT2D eigenvalue weighted by molar-refractivity contribution is 7.87. The Hall–Kier alpha value is -0.220. The van der Waals surface area contributed by atoms with Gasteiger partial charge in [0.05, 0.1) is 10.5 Å². The molecule has 0 rings (SSSR count). The molecule has 151 valence electrons. The highest BCUT2D eigenvalue weighted by atomic mass is 32.2. The molecule has 0 amide bonds. The van der Waals surface area contributed by atoms with Gasteiger partial charge in [0.1, 0.15) is 0 Å². The van der Waals surface area contributed by atoms with Crippen LogP contribution >= 0.6 is 0 Å². The van der Waals surface area contributed by atoms with Gasteiger partial charge in [-0.3, -0.25) is 9.11 Å². The average Bonchev–Trinajstić information content (AvgIpc) is 2.49. The van der Waals surface area contributed by atoms with Crippen LogP contribution < -0.4 is 0 Å². The Labute approximate surface area is 153 Å². The lowest BCUT2D eigenvalue weighted by molar-refractivity contribution is 0.200. The topological polar surface area (TPSA) is 118 Å². The minimum absolute atomic E-state index is 0.177. The summed E-state index contributed by atoms with van der Waals surface area (Å²) < 4.78 is 69.6. The van der Waals surface area contributed by atoms with Gasteiger partial charge in [-0.05, 0) is 25.7 Å². The Kier molecular flexibility index (Phi) is 12.9. The monoisotopic (exact) mass is 401 g/mol. The van der Waals surface area contributed by atoms with E-state index in [4.69, 9.17) is 4.74 Å². The number of rotatable bonds is 16. The van der Waals surface area contributed by atoms with Crippen LogP contribution in [0.1, 0.15) is 71.1 Å². The molecule has 0 bridgehead atoms. The minimum Gasteiger partial charge on any atom is -0.385 e. The lowest BCUT2D eigenvalue weighted by Gasteiger charge is -2.19. The van der Waals surface area contributed by atoms with Gasteiger partial charge in [0.2, 0.25) is 0 Å². The molecule has 25 heavy (non-hydrogen) atoms. The zero-order chi connectivity index (χ0) is 19.3. The molecule has 0 saturated heterocycles. The summed E-state index contributed by atoms with van der Waals surface area (Å²) in [6.07, 6.45) is 8.39. The normalized spacial score (nSPS) is 15.2. The first-order valence-corrected chi connectivity index (χ1v) is 11.9. The molecule has 0 aliphatic carbocycles. The number of hydrogen-bond donors (Lipinski definition) is 2. The number of unbranched alkanes of at least 4 members (excludes halogenated alkanes) is 6. The van der Waals surface area contributed by atoms with Crippen LogP contribution in [0.15, 0.2) is 0 Å². The molecule has 2 unspecified atom stereocenters. The quantitative estimate of drug-likeness (QED) is 0.301. The van der Waals surface area contributed by atoms with Crippen molar-refractivity contribution in [1.82, 2.24) is 0 Å². The number of hydrogen-bond acceptors (Lipinski definition) is 5. The molecular formula is C16H33O7S2. The third-order valence-electron chi connectivity index (χ3n) is 4.18. The van der Waals surface area contributed by atoms with Gasteiger partial charge in [-0.2, -0.15) is 16.8 Å². The highest BCUT2D eigenvalue weighted by Gasteiger charge is 2.32. The van der Waals surface area contributed by atoms with E-state index >= 15 is 0 Å². The van der Waals surface area contributed by atoms with Crippen LogP contribution in [0.2, 0.25) is 0 Å². The van der Waals surface area contributed by atoms with Crippen molar-refractivity contribution in [2.24, 2.45) is 0 Å².